The van der Waals surface area contributed by atoms with Crippen molar-refractivity contribution in [3.63, 3.8) is 0 Å². The Kier molecular flexibility index (Phi) is 4.70. The fourth-order valence-electron chi connectivity index (χ4n) is 2.29. The van der Waals surface area contributed by atoms with E-state index in [1.165, 1.54) is 5.56 Å². The summed E-state index contributed by atoms with van der Waals surface area (Å²) in [4.78, 5) is 25.8. The van der Waals surface area contributed by atoms with E-state index in [0.29, 0.717) is 12.3 Å². The number of benzene rings is 1. The van der Waals surface area contributed by atoms with Crippen molar-refractivity contribution in [2.75, 3.05) is 12.3 Å². The lowest BCUT2D eigenvalue weighted by atomic mass is 10.1. The van der Waals surface area contributed by atoms with Crippen molar-refractivity contribution in [1.82, 2.24) is 10.2 Å². The van der Waals surface area contributed by atoms with Gasteiger partial charge in [-0.3, -0.25) is 9.59 Å². The van der Waals surface area contributed by atoms with E-state index in [0.717, 1.165) is 5.56 Å². The molecule has 1 saturated heterocycles. The van der Waals surface area contributed by atoms with Gasteiger partial charge in [-0.2, -0.15) is 0 Å². The van der Waals surface area contributed by atoms with Crippen molar-refractivity contribution >= 4 is 23.6 Å². The number of thioether (sulfide) groups is 1. The van der Waals surface area contributed by atoms with Crippen LogP contribution in [0.2, 0.25) is 0 Å². The Morgan fingerprint density at radius 1 is 1.45 bits per heavy atom. The Morgan fingerprint density at radius 3 is 2.70 bits per heavy atom. The zero-order chi connectivity index (χ0) is 14.7. The number of carbonyl (C=O) groups excluding carboxylic acids is 2. The van der Waals surface area contributed by atoms with Gasteiger partial charge in [0, 0.05) is 6.54 Å². The molecule has 1 aromatic rings. The number of rotatable bonds is 4. The second kappa shape index (κ2) is 6.31. The molecule has 4 nitrogen and oxygen atoms in total. The maximum Gasteiger partial charge on any atom is 0.242 e. The van der Waals surface area contributed by atoms with Crippen molar-refractivity contribution in [2.24, 2.45) is 0 Å². The molecule has 5 heteroatoms. The highest BCUT2D eigenvalue weighted by Gasteiger charge is 2.38. The van der Waals surface area contributed by atoms with E-state index < -0.39 is 6.04 Å². The van der Waals surface area contributed by atoms with Crippen LogP contribution in [-0.4, -0.2) is 35.1 Å². The fraction of sp³-hybridized carbons (Fsp3) is 0.467. The maximum absolute atomic E-state index is 12.1. The zero-order valence-electron chi connectivity index (χ0n) is 12.1. The van der Waals surface area contributed by atoms with E-state index in [4.69, 9.17) is 0 Å². The molecule has 0 radical (unpaired) electrons. The Bertz CT molecular complexity index is 501. The highest BCUT2D eigenvalue weighted by atomic mass is 32.2. The number of nitrogens with zero attached hydrogens (tertiary/aromatic N) is 1. The van der Waals surface area contributed by atoms with E-state index >= 15 is 0 Å². The van der Waals surface area contributed by atoms with Crippen molar-refractivity contribution in [1.29, 1.82) is 0 Å². The van der Waals surface area contributed by atoms with Crippen molar-refractivity contribution in [2.45, 2.75) is 32.2 Å². The van der Waals surface area contributed by atoms with Crippen LogP contribution in [0.25, 0.3) is 0 Å². The summed E-state index contributed by atoms with van der Waals surface area (Å²) in [6.45, 7) is 6.28. The molecule has 0 unspecified atom stereocenters. The average Bonchev–Trinajstić information content (AvgIpc) is 2.81. The molecule has 1 heterocycles. The smallest absolute Gasteiger partial charge is 0.242 e. The van der Waals surface area contributed by atoms with Gasteiger partial charge in [0.2, 0.25) is 11.8 Å². The summed E-state index contributed by atoms with van der Waals surface area (Å²) in [5.74, 6) is 0.363. The van der Waals surface area contributed by atoms with Gasteiger partial charge in [-0.05, 0) is 26.3 Å². The van der Waals surface area contributed by atoms with Gasteiger partial charge in [-0.15, -0.1) is 11.8 Å². The van der Waals surface area contributed by atoms with Gasteiger partial charge in [0.1, 0.15) is 11.4 Å². The van der Waals surface area contributed by atoms with Gasteiger partial charge in [0.25, 0.3) is 0 Å². The van der Waals surface area contributed by atoms with Crippen LogP contribution in [0.1, 0.15) is 30.3 Å². The van der Waals surface area contributed by atoms with Gasteiger partial charge >= 0.3 is 0 Å². The van der Waals surface area contributed by atoms with Crippen molar-refractivity contribution in [3.8, 4) is 0 Å². The van der Waals surface area contributed by atoms with Crippen LogP contribution < -0.4 is 5.32 Å². The van der Waals surface area contributed by atoms with E-state index in [1.54, 1.807) is 23.6 Å². The summed E-state index contributed by atoms with van der Waals surface area (Å²) in [6.07, 6.45) is 0. The summed E-state index contributed by atoms with van der Waals surface area (Å²) in [7, 11) is 0. The van der Waals surface area contributed by atoms with Crippen LogP contribution in [0.3, 0.4) is 0 Å². The van der Waals surface area contributed by atoms with E-state index in [2.05, 4.69) is 5.32 Å². The maximum atomic E-state index is 12.1. The number of hydrogen-bond acceptors (Lipinski definition) is 3. The standard InChI is InChI=1S/C15H20N2O2S/c1-4-16-14(19)11(3)17-13(18)9-20-15(17)12-7-5-10(2)6-8-12/h5-8,11,15H,4,9H2,1-3H3,(H,16,19)/t11-,15-/m0/s1. The first-order chi connectivity index (χ1) is 9.54. The molecule has 1 aliphatic rings. The molecule has 108 valence electrons. The van der Waals surface area contributed by atoms with Crippen LogP contribution in [0, 0.1) is 6.92 Å². The Labute approximate surface area is 123 Å². The molecule has 1 fully saturated rings. The molecule has 1 aliphatic heterocycles. The summed E-state index contributed by atoms with van der Waals surface area (Å²) >= 11 is 1.58. The highest BCUT2D eigenvalue weighted by Crippen LogP contribution is 2.39. The Morgan fingerprint density at radius 2 is 2.10 bits per heavy atom. The predicted molar refractivity (Wildman–Crippen MR) is 81.4 cm³/mol. The number of aryl methyl sites for hydroxylation is 1. The predicted octanol–water partition coefficient (Wildman–Crippen LogP) is 2.09. The Balaban J connectivity index is 2.22. The van der Waals surface area contributed by atoms with Gasteiger partial charge < -0.3 is 10.2 Å². The van der Waals surface area contributed by atoms with Crippen LogP contribution in [0.5, 0.6) is 0 Å². The summed E-state index contributed by atoms with van der Waals surface area (Å²) in [5.41, 5.74) is 2.26. The normalized spacial score (nSPS) is 20.1. The SMILES string of the molecule is CCNC(=O)[C@H](C)N1C(=O)CS[C@H]1c1ccc(C)cc1. The minimum Gasteiger partial charge on any atom is -0.355 e. The molecule has 0 aliphatic carbocycles. The van der Waals surface area contributed by atoms with Gasteiger partial charge in [-0.25, -0.2) is 0 Å². The summed E-state index contributed by atoms with van der Waals surface area (Å²) in [6, 6.07) is 7.69. The number of likely N-dealkylation sites (N-methyl/N-ethyl adjacent to an activating group) is 1. The largest absolute Gasteiger partial charge is 0.355 e. The number of carbonyl (C=O) groups is 2. The third kappa shape index (κ3) is 2.98. The first kappa shape index (κ1) is 14.9. The zero-order valence-corrected chi connectivity index (χ0v) is 12.9. The van der Waals surface area contributed by atoms with Crippen LogP contribution in [0.15, 0.2) is 24.3 Å². The third-order valence-corrected chi connectivity index (χ3v) is 4.64. The minimum atomic E-state index is -0.441. The first-order valence-corrected chi connectivity index (χ1v) is 7.86. The van der Waals surface area contributed by atoms with E-state index in [1.807, 2.05) is 38.1 Å². The van der Waals surface area contributed by atoms with Gasteiger partial charge in [0.15, 0.2) is 0 Å². The number of amides is 2. The minimum absolute atomic E-state index is 0.0272. The second-order valence-electron chi connectivity index (χ2n) is 4.95. The van der Waals surface area contributed by atoms with Crippen molar-refractivity contribution < 1.29 is 9.59 Å². The topological polar surface area (TPSA) is 49.4 Å². The molecule has 0 saturated carbocycles. The molecule has 1 aromatic carbocycles. The molecular formula is C15H20N2O2S. The third-order valence-electron chi connectivity index (χ3n) is 3.42. The molecule has 0 aromatic heterocycles. The lowest BCUT2D eigenvalue weighted by Crippen LogP contribution is -2.46. The van der Waals surface area contributed by atoms with E-state index in [9.17, 15) is 9.59 Å². The molecule has 2 amide bonds. The summed E-state index contributed by atoms with van der Waals surface area (Å²) in [5, 5.41) is 2.71. The number of nitrogens with one attached hydrogen (secondary N) is 1. The fourth-order valence-corrected chi connectivity index (χ4v) is 3.55. The molecule has 0 spiro atoms. The second-order valence-corrected chi connectivity index (χ2v) is 6.01. The molecule has 20 heavy (non-hydrogen) atoms. The summed E-state index contributed by atoms with van der Waals surface area (Å²) < 4.78 is 0. The Hall–Kier alpha value is -1.49. The monoisotopic (exact) mass is 292 g/mol. The highest BCUT2D eigenvalue weighted by molar-refractivity contribution is 8.00. The quantitative estimate of drug-likeness (QED) is 0.924. The first-order valence-electron chi connectivity index (χ1n) is 6.81. The molecule has 0 bridgehead atoms. The van der Waals surface area contributed by atoms with Gasteiger partial charge in [-0.1, -0.05) is 29.8 Å². The lowest BCUT2D eigenvalue weighted by Gasteiger charge is -2.29. The van der Waals surface area contributed by atoms with Crippen LogP contribution in [-0.2, 0) is 9.59 Å². The van der Waals surface area contributed by atoms with Crippen molar-refractivity contribution in [3.05, 3.63) is 35.4 Å². The van der Waals surface area contributed by atoms with Crippen LogP contribution in [0.4, 0.5) is 0 Å². The van der Waals surface area contributed by atoms with E-state index in [-0.39, 0.29) is 17.2 Å². The molecule has 2 rings (SSSR count). The molecular weight excluding hydrogens is 272 g/mol. The van der Waals surface area contributed by atoms with Gasteiger partial charge in [0.05, 0.1) is 5.75 Å². The molecule has 2 atom stereocenters. The van der Waals surface area contributed by atoms with Crippen LogP contribution >= 0.6 is 11.8 Å². The number of hydrogen-bond donors (Lipinski definition) is 1. The lowest BCUT2D eigenvalue weighted by molar-refractivity contribution is -0.137. The molecule has 1 N–H and O–H groups in total. The average molecular weight is 292 g/mol.